The number of carbonyl (C=O) groups excluding carboxylic acids is 1. The molecular weight excluding hydrogens is 298 g/mol. The molecule has 1 heterocycles. The summed E-state index contributed by atoms with van der Waals surface area (Å²) in [6.07, 6.45) is 3.37. The van der Waals surface area contributed by atoms with Crippen molar-refractivity contribution in [3.8, 4) is 6.07 Å². The maximum absolute atomic E-state index is 12.4. The molecule has 23 heavy (non-hydrogen) atoms. The number of nitro groups is 1. The second-order valence-corrected chi connectivity index (χ2v) is 4.98. The minimum absolute atomic E-state index is 0.175. The Morgan fingerprint density at radius 3 is 2.83 bits per heavy atom. The Bertz CT molecular complexity index is 791. The van der Waals surface area contributed by atoms with Gasteiger partial charge in [0.25, 0.3) is 5.69 Å². The van der Waals surface area contributed by atoms with Crippen molar-refractivity contribution in [2.24, 2.45) is 7.05 Å². The van der Waals surface area contributed by atoms with Crippen molar-refractivity contribution < 1.29 is 9.72 Å². The third kappa shape index (κ3) is 3.35. The molecule has 8 heteroatoms. The van der Waals surface area contributed by atoms with Crippen molar-refractivity contribution in [1.29, 1.82) is 5.26 Å². The Labute approximate surface area is 132 Å². The lowest BCUT2D eigenvalue weighted by molar-refractivity contribution is -0.384. The Balaban J connectivity index is 2.40. The molecule has 0 saturated heterocycles. The Kier molecular flexibility index (Phi) is 4.71. The van der Waals surface area contributed by atoms with E-state index in [-0.39, 0.29) is 29.3 Å². The van der Waals surface area contributed by atoms with Crippen LogP contribution in [0.4, 0.5) is 11.4 Å². The van der Waals surface area contributed by atoms with E-state index in [4.69, 9.17) is 5.26 Å². The predicted octanol–water partition coefficient (Wildman–Crippen LogP) is 1.91. The molecule has 0 aliphatic rings. The molecule has 0 aliphatic carbocycles. The van der Waals surface area contributed by atoms with Crippen LogP contribution in [-0.4, -0.2) is 33.9 Å². The number of imidazole rings is 1. The number of aromatic nitrogens is 2. The summed E-state index contributed by atoms with van der Waals surface area (Å²) in [4.78, 5) is 28.8. The molecule has 0 fully saturated rings. The van der Waals surface area contributed by atoms with Crippen LogP contribution in [0.5, 0.6) is 0 Å². The number of carbonyl (C=O) groups is 1. The maximum atomic E-state index is 12.4. The van der Waals surface area contributed by atoms with Gasteiger partial charge in [-0.05, 0) is 12.1 Å². The average Bonchev–Trinajstić information content (AvgIpc) is 2.97. The van der Waals surface area contributed by atoms with Gasteiger partial charge in [0.05, 0.1) is 17.4 Å². The van der Waals surface area contributed by atoms with E-state index in [2.05, 4.69) is 4.98 Å². The lowest BCUT2D eigenvalue weighted by Crippen LogP contribution is -2.19. The second-order valence-electron chi connectivity index (χ2n) is 4.98. The van der Waals surface area contributed by atoms with Crippen LogP contribution < -0.4 is 4.90 Å². The van der Waals surface area contributed by atoms with E-state index >= 15 is 0 Å². The molecule has 1 aromatic carbocycles. The van der Waals surface area contributed by atoms with Crippen LogP contribution in [-0.2, 0) is 7.05 Å². The molecule has 0 unspecified atom stereocenters. The summed E-state index contributed by atoms with van der Waals surface area (Å²) in [5, 5.41) is 19.9. The van der Waals surface area contributed by atoms with Crippen molar-refractivity contribution in [3.63, 3.8) is 0 Å². The highest BCUT2D eigenvalue weighted by atomic mass is 16.6. The molecule has 2 aromatic rings. The Morgan fingerprint density at radius 1 is 1.52 bits per heavy atom. The first kappa shape index (κ1) is 16.2. The van der Waals surface area contributed by atoms with Gasteiger partial charge in [0.15, 0.2) is 5.82 Å². The first-order chi connectivity index (χ1) is 11.0. The van der Waals surface area contributed by atoms with Crippen LogP contribution in [0, 0.1) is 21.4 Å². The lowest BCUT2D eigenvalue weighted by Gasteiger charge is -2.17. The van der Waals surface area contributed by atoms with E-state index < -0.39 is 4.92 Å². The largest absolute Gasteiger partial charge is 0.368 e. The number of nitrogens with zero attached hydrogens (tertiary/aromatic N) is 5. The van der Waals surface area contributed by atoms with Crippen LogP contribution >= 0.6 is 0 Å². The highest BCUT2D eigenvalue weighted by molar-refractivity contribution is 6.07. The number of rotatable bonds is 6. The lowest BCUT2D eigenvalue weighted by atomic mass is 10.1. The number of ketones is 1. The van der Waals surface area contributed by atoms with Crippen molar-refractivity contribution >= 4 is 17.2 Å². The third-order valence-electron chi connectivity index (χ3n) is 3.43. The van der Waals surface area contributed by atoms with Crippen molar-refractivity contribution in [2.75, 3.05) is 18.5 Å². The third-order valence-corrected chi connectivity index (χ3v) is 3.43. The van der Waals surface area contributed by atoms with Gasteiger partial charge >= 0.3 is 0 Å². The fraction of sp³-hybridized carbons (Fsp3) is 0.267. The Hall–Kier alpha value is -3.21. The predicted molar refractivity (Wildman–Crippen MR) is 83.2 cm³/mol. The van der Waals surface area contributed by atoms with Gasteiger partial charge in [0.1, 0.15) is 5.69 Å². The first-order valence-corrected chi connectivity index (χ1v) is 6.84. The van der Waals surface area contributed by atoms with Gasteiger partial charge in [-0.1, -0.05) is 0 Å². The minimum Gasteiger partial charge on any atom is -0.368 e. The molecule has 2 rings (SSSR count). The number of benzene rings is 1. The molecule has 1 aromatic heterocycles. The van der Waals surface area contributed by atoms with Crippen LogP contribution in [0.25, 0.3) is 0 Å². The number of hydrogen-bond acceptors (Lipinski definition) is 6. The number of hydrogen-bond donors (Lipinski definition) is 0. The molecule has 118 valence electrons. The number of aryl methyl sites for hydroxylation is 1. The summed E-state index contributed by atoms with van der Waals surface area (Å²) < 4.78 is 1.56. The highest BCUT2D eigenvalue weighted by Gasteiger charge is 2.22. The summed E-state index contributed by atoms with van der Waals surface area (Å²) in [6.45, 7) is 0.365. The van der Waals surface area contributed by atoms with Gasteiger partial charge in [0.2, 0.25) is 5.78 Å². The van der Waals surface area contributed by atoms with Gasteiger partial charge < -0.3 is 9.47 Å². The molecule has 0 saturated carbocycles. The standard InChI is InChI=1S/C15H15N5O3/c1-18(8-3-6-16)12-5-4-11(10-13(12)20(22)23)14(21)15-17-7-9-19(15)2/h4-5,7,9-10H,3,8H2,1-2H3. The molecule has 0 spiro atoms. The maximum Gasteiger partial charge on any atom is 0.293 e. The van der Waals surface area contributed by atoms with E-state index in [1.807, 2.05) is 6.07 Å². The Morgan fingerprint density at radius 2 is 2.26 bits per heavy atom. The molecule has 8 nitrogen and oxygen atoms in total. The van der Waals surface area contributed by atoms with Crippen LogP contribution in [0.1, 0.15) is 22.6 Å². The van der Waals surface area contributed by atoms with E-state index in [0.29, 0.717) is 12.2 Å². The number of anilines is 1. The van der Waals surface area contributed by atoms with Gasteiger partial charge in [0, 0.05) is 44.7 Å². The van der Waals surface area contributed by atoms with Crippen LogP contribution in [0.15, 0.2) is 30.6 Å². The quantitative estimate of drug-likeness (QED) is 0.458. The summed E-state index contributed by atoms with van der Waals surface area (Å²) in [6, 6.07) is 6.29. The summed E-state index contributed by atoms with van der Waals surface area (Å²) in [7, 11) is 3.35. The van der Waals surface area contributed by atoms with Crippen LogP contribution in [0.2, 0.25) is 0 Å². The molecule has 0 bridgehead atoms. The zero-order valence-electron chi connectivity index (χ0n) is 12.8. The monoisotopic (exact) mass is 313 g/mol. The smallest absolute Gasteiger partial charge is 0.293 e. The van der Waals surface area contributed by atoms with Gasteiger partial charge in [-0.25, -0.2) is 4.98 Å². The normalized spacial score (nSPS) is 10.1. The zero-order valence-corrected chi connectivity index (χ0v) is 12.8. The van der Waals surface area contributed by atoms with Crippen molar-refractivity contribution in [1.82, 2.24) is 9.55 Å². The van der Waals surface area contributed by atoms with E-state index in [1.165, 1.54) is 24.4 Å². The summed E-state index contributed by atoms with van der Waals surface area (Å²) in [5.74, 6) is -0.170. The van der Waals surface area contributed by atoms with Crippen LogP contribution in [0.3, 0.4) is 0 Å². The van der Waals surface area contributed by atoms with E-state index in [9.17, 15) is 14.9 Å². The first-order valence-electron chi connectivity index (χ1n) is 6.84. The van der Waals surface area contributed by atoms with Gasteiger partial charge in [-0.3, -0.25) is 14.9 Å². The number of nitro benzene ring substituents is 1. The second kappa shape index (κ2) is 6.70. The van der Waals surface area contributed by atoms with Crippen molar-refractivity contribution in [2.45, 2.75) is 6.42 Å². The topological polar surface area (TPSA) is 105 Å². The van der Waals surface area contributed by atoms with Gasteiger partial charge in [-0.2, -0.15) is 5.26 Å². The highest BCUT2D eigenvalue weighted by Crippen LogP contribution is 2.29. The molecular formula is C15H15N5O3. The molecule has 0 aliphatic heterocycles. The molecule has 0 radical (unpaired) electrons. The van der Waals surface area contributed by atoms with E-state index in [0.717, 1.165) is 0 Å². The van der Waals surface area contributed by atoms with Gasteiger partial charge in [-0.15, -0.1) is 0 Å². The summed E-state index contributed by atoms with van der Waals surface area (Å²) in [5.41, 5.74) is 0.385. The molecule has 0 atom stereocenters. The fourth-order valence-electron chi connectivity index (χ4n) is 2.19. The molecule has 0 N–H and O–H groups in total. The zero-order chi connectivity index (χ0) is 17.0. The number of nitriles is 1. The van der Waals surface area contributed by atoms with Crippen molar-refractivity contribution in [3.05, 3.63) is 52.1 Å². The fourth-order valence-corrected chi connectivity index (χ4v) is 2.19. The molecule has 0 amide bonds. The van der Waals surface area contributed by atoms with E-state index in [1.54, 1.807) is 29.8 Å². The average molecular weight is 313 g/mol. The summed E-state index contributed by atoms with van der Waals surface area (Å²) >= 11 is 0. The SMILES string of the molecule is CN(CCC#N)c1ccc(C(=O)c2nccn2C)cc1[N+](=O)[O-]. The minimum atomic E-state index is -0.534.